The predicted octanol–water partition coefficient (Wildman–Crippen LogP) is 2.81. The summed E-state index contributed by atoms with van der Waals surface area (Å²) in [5, 5.41) is 9.99. The van der Waals surface area contributed by atoms with E-state index in [2.05, 4.69) is 4.74 Å². The van der Waals surface area contributed by atoms with E-state index in [1.54, 1.807) is 19.1 Å². The molecule has 0 N–H and O–H groups in total. The van der Waals surface area contributed by atoms with E-state index in [4.69, 9.17) is 10.00 Å². The summed E-state index contributed by atoms with van der Waals surface area (Å²) in [5.41, 5.74) is 1.71. The Balaban J connectivity index is 2.48. The van der Waals surface area contributed by atoms with Crippen molar-refractivity contribution in [2.24, 2.45) is 0 Å². The summed E-state index contributed by atoms with van der Waals surface area (Å²) >= 11 is 0. The normalized spacial score (nSPS) is 10.1. The van der Waals surface area contributed by atoms with Crippen LogP contribution in [0.4, 0.5) is 4.79 Å². The van der Waals surface area contributed by atoms with Gasteiger partial charge in [0.2, 0.25) is 5.88 Å². The van der Waals surface area contributed by atoms with Crippen LogP contribution in [0.1, 0.15) is 12.5 Å². The van der Waals surface area contributed by atoms with E-state index in [0.717, 1.165) is 10.9 Å². The number of hydrogen-bond acceptors (Lipinski definition) is 4. The smallest absolute Gasteiger partial charge is 0.434 e. The molecule has 0 atom stereocenters. The molecule has 0 radical (unpaired) electrons. The van der Waals surface area contributed by atoms with E-state index >= 15 is 0 Å². The highest BCUT2D eigenvalue weighted by Crippen LogP contribution is 2.27. The fourth-order valence-corrected chi connectivity index (χ4v) is 1.77. The van der Waals surface area contributed by atoms with Crippen LogP contribution >= 0.6 is 0 Å². The highest BCUT2D eigenvalue weighted by Gasteiger charge is 2.14. The Hall–Kier alpha value is -2.48. The molecule has 18 heavy (non-hydrogen) atoms. The van der Waals surface area contributed by atoms with Crippen molar-refractivity contribution in [1.29, 1.82) is 5.26 Å². The third kappa shape index (κ3) is 2.00. The lowest BCUT2D eigenvalue weighted by Crippen LogP contribution is -2.11. The first kappa shape index (κ1) is 12.0. The second-order valence-corrected chi connectivity index (χ2v) is 3.71. The van der Waals surface area contributed by atoms with Crippen molar-refractivity contribution in [3.05, 3.63) is 29.8 Å². The second-order valence-electron chi connectivity index (χ2n) is 3.71. The van der Waals surface area contributed by atoms with Gasteiger partial charge in [0.25, 0.3) is 0 Å². The van der Waals surface area contributed by atoms with E-state index in [0.29, 0.717) is 5.52 Å². The Kier molecular flexibility index (Phi) is 3.20. The van der Waals surface area contributed by atoms with Gasteiger partial charge in [0.05, 0.1) is 12.1 Å². The number of benzene rings is 1. The van der Waals surface area contributed by atoms with Crippen molar-refractivity contribution in [3.63, 3.8) is 0 Å². The monoisotopic (exact) mass is 244 g/mol. The number of nitrogens with zero attached hydrogens (tertiary/aromatic N) is 2. The Bertz CT molecular complexity index is 637. The van der Waals surface area contributed by atoms with Crippen LogP contribution in [0.2, 0.25) is 0 Å². The van der Waals surface area contributed by atoms with Crippen LogP contribution in [0.5, 0.6) is 5.88 Å². The summed E-state index contributed by atoms with van der Waals surface area (Å²) in [4.78, 5) is 11.3. The predicted molar refractivity (Wildman–Crippen MR) is 65.3 cm³/mol. The average molecular weight is 244 g/mol. The van der Waals surface area contributed by atoms with Crippen LogP contribution in [-0.2, 0) is 4.74 Å². The van der Waals surface area contributed by atoms with Gasteiger partial charge in [-0.3, -0.25) is 0 Å². The average Bonchev–Trinajstić information content (AvgIpc) is 2.68. The van der Waals surface area contributed by atoms with Gasteiger partial charge in [-0.1, -0.05) is 12.1 Å². The molecule has 5 nitrogen and oxygen atoms in total. The van der Waals surface area contributed by atoms with Crippen molar-refractivity contribution in [2.75, 3.05) is 6.61 Å². The fraction of sp³-hybridized carbons (Fsp3) is 0.231. The minimum atomic E-state index is -0.811. The zero-order chi connectivity index (χ0) is 13.1. The van der Waals surface area contributed by atoms with Gasteiger partial charge in [-0.05, 0) is 25.5 Å². The molecule has 1 heterocycles. The van der Waals surface area contributed by atoms with Gasteiger partial charge in [0.15, 0.2) is 6.19 Å². The number of carbonyl (C=O) groups excluding carboxylic acids is 1. The molecule has 0 aliphatic rings. The molecule has 92 valence electrons. The zero-order valence-corrected chi connectivity index (χ0v) is 10.1. The topological polar surface area (TPSA) is 64.2 Å². The Labute approximate surface area is 104 Å². The third-order valence-corrected chi connectivity index (χ3v) is 2.58. The van der Waals surface area contributed by atoms with Crippen LogP contribution < -0.4 is 4.74 Å². The van der Waals surface area contributed by atoms with Gasteiger partial charge < -0.3 is 9.47 Å². The number of ether oxygens (including phenoxy) is 2. The molecular formula is C13H12N2O3. The van der Waals surface area contributed by atoms with Gasteiger partial charge in [0.1, 0.15) is 0 Å². The molecule has 0 aliphatic heterocycles. The zero-order valence-electron chi connectivity index (χ0n) is 10.1. The van der Waals surface area contributed by atoms with Gasteiger partial charge >= 0.3 is 6.16 Å². The van der Waals surface area contributed by atoms with Gasteiger partial charge in [-0.15, -0.1) is 0 Å². The van der Waals surface area contributed by atoms with Crippen molar-refractivity contribution in [2.45, 2.75) is 13.8 Å². The molecule has 0 saturated carbocycles. The van der Waals surface area contributed by atoms with Gasteiger partial charge in [-0.25, -0.2) is 9.36 Å². The molecule has 0 aliphatic carbocycles. The molecule has 0 fully saturated rings. The fourth-order valence-electron chi connectivity index (χ4n) is 1.77. The number of aryl methyl sites for hydroxylation is 1. The Morgan fingerprint density at radius 3 is 2.94 bits per heavy atom. The first-order valence-electron chi connectivity index (χ1n) is 5.53. The van der Waals surface area contributed by atoms with E-state index in [1.165, 1.54) is 4.57 Å². The summed E-state index contributed by atoms with van der Waals surface area (Å²) in [5.74, 6) is 0.167. The summed E-state index contributed by atoms with van der Waals surface area (Å²) in [6.45, 7) is 3.84. The Morgan fingerprint density at radius 1 is 1.50 bits per heavy atom. The minimum Gasteiger partial charge on any atom is -0.434 e. The number of carbonyl (C=O) groups is 1. The molecule has 2 aromatic rings. The van der Waals surface area contributed by atoms with Crippen molar-refractivity contribution < 1.29 is 14.3 Å². The number of fused-ring (bicyclic) bond motifs is 1. The molecular weight excluding hydrogens is 232 g/mol. The quantitative estimate of drug-likeness (QED) is 0.762. The first-order valence-corrected chi connectivity index (χ1v) is 5.53. The van der Waals surface area contributed by atoms with Crippen LogP contribution in [-0.4, -0.2) is 17.3 Å². The molecule has 5 heteroatoms. The summed E-state index contributed by atoms with van der Waals surface area (Å²) in [6, 6.07) is 7.23. The highest BCUT2D eigenvalue weighted by atomic mass is 16.7. The maximum Gasteiger partial charge on any atom is 0.515 e. The van der Waals surface area contributed by atoms with Gasteiger partial charge in [0, 0.05) is 11.5 Å². The Morgan fingerprint density at radius 2 is 2.28 bits per heavy atom. The van der Waals surface area contributed by atoms with E-state index < -0.39 is 6.16 Å². The molecule has 0 spiro atoms. The van der Waals surface area contributed by atoms with Crippen molar-refractivity contribution in [1.82, 2.24) is 4.57 Å². The largest absolute Gasteiger partial charge is 0.515 e. The lowest BCUT2D eigenvalue weighted by Gasteiger charge is -2.02. The summed E-state index contributed by atoms with van der Waals surface area (Å²) in [7, 11) is 0. The second kappa shape index (κ2) is 4.80. The molecule has 0 bridgehead atoms. The van der Waals surface area contributed by atoms with E-state index in [9.17, 15) is 4.79 Å². The maximum absolute atomic E-state index is 11.3. The highest BCUT2D eigenvalue weighted by molar-refractivity contribution is 5.87. The van der Waals surface area contributed by atoms with Crippen molar-refractivity contribution >= 4 is 17.1 Å². The molecule has 1 aromatic heterocycles. The standard InChI is InChI=1S/C13H12N2O3/c1-3-17-13(16)18-12-7-10-9(2)5-4-6-11(10)15(12)8-14/h4-7H,3H2,1-2H3. The third-order valence-electron chi connectivity index (χ3n) is 2.58. The van der Waals surface area contributed by atoms with Crippen molar-refractivity contribution in [3.8, 4) is 12.1 Å². The molecule has 0 amide bonds. The molecule has 0 saturated heterocycles. The van der Waals surface area contributed by atoms with E-state index in [1.807, 2.05) is 25.2 Å². The maximum atomic E-state index is 11.3. The lowest BCUT2D eigenvalue weighted by atomic mass is 10.1. The summed E-state index contributed by atoms with van der Waals surface area (Å²) in [6.07, 6.45) is 1.17. The number of rotatable bonds is 2. The van der Waals surface area contributed by atoms with Crippen LogP contribution in [0.25, 0.3) is 10.9 Å². The summed E-state index contributed by atoms with van der Waals surface area (Å²) < 4.78 is 10.9. The molecule has 1 aromatic carbocycles. The van der Waals surface area contributed by atoms with Crippen LogP contribution in [0, 0.1) is 18.4 Å². The first-order chi connectivity index (χ1) is 8.67. The molecule has 2 rings (SSSR count). The number of aromatic nitrogens is 1. The van der Waals surface area contributed by atoms with Crippen LogP contribution in [0.15, 0.2) is 24.3 Å². The van der Waals surface area contributed by atoms with E-state index in [-0.39, 0.29) is 12.5 Å². The van der Waals surface area contributed by atoms with Crippen LogP contribution in [0.3, 0.4) is 0 Å². The lowest BCUT2D eigenvalue weighted by molar-refractivity contribution is 0.102. The number of nitriles is 1. The van der Waals surface area contributed by atoms with Gasteiger partial charge in [-0.2, -0.15) is 5.26 Å². The molecule has 0 unspecified atom stereocenters. The number of hydrogen-bond donors (Lipinski definition) is 0. The minimum absolute atomic E-state index is 0.167. The SMILES string of the molecule is CCOC(=O)Oc1cc2c(C)cccc2n1C#N.